The van der Waals surface area contributed by atoms with Crippen LogP contribution in [0.25, 0.3) is 10.9 Å². The molecule has 0 fully saturated rings. The number of para-hydroxylation sites is 2. The zero-order valence-electron chi connectivity index (χ0n) is 13.7. The van der Waals surface area contributed by atoms with Crippen molar-refractivity contribution in [1.82, 2.24) is 10.3 Å². The summed E-state index contributed by atoms with van der Waals surface area (Å²) < 4.78 is 10.8. The second kappa shape index (κ2) is 7.53. The number of methoxy groups -OCH3 is 1. The number of rotatable bonds is 6. The fourth-order valence-electron chi connectivity index (χ4n) is 2.51. The van der Waals surface area contributed by atoms with E-state index in [0.717, 1.165) is 16.7 Å². The molecule has 1 aromatic heterocycles. The van der Waals surface area contributed by atoms with Crippen LogP contribution in [0.5, 0.6) is 11.5 Å². The normalized spacial score (nSPS) is 10.4. The molecule has 0 aliphatic heterocycles. The first kappa shape index (κ1) is 16.6. The third-order valence-corrected chi connectivity index (χ3v) is 3.75. The Balaban J connectivity index is 1.63. The van der Waals surface area contributed by atoms with Crippen LogP contribution in [0.3, 0.4) is 0 Å². The monoisotopic (exact) mass is 338 g/mol. The molecule has 2 aromatic carbocycles. The van der Waals surface area contributed by atoms with E-state index in [1.54, 1.807) is 19.2 Å². The Bertz CT molecular complexity index is 949. The van der Waals surface area contributed by atoms with Gasteiger partial charge in [0, 0.05) is 23.6 Å². The van der Waals surface area contributed by atoms with Crippen molar-refractivity contribution in [3.63, 3.8) is 0 Å². The number of amides is 1. The van der Waals surface area contributed by atoms with E-state index in [1.807, 2.05) is 36.4 Å². The molecule has 3 aromatic rings. The zero-order chi connectivity index (χ0) is 17.6. The maximum Gasteiger partial charge on any atom is 0.258 e. The van der Waals surface area contributed by atoms with Gasteiger partial charge in [0.2, 0.25) is 5.56 Å². The molecule has 0 bridgehead atoms. The lowest BCUT2D eigenvalue weighted by Crippen LogP contribution is -2.28. The summed E-state index contributed by atoms with van der Waals surface area (Å²) in [4.78, 5) is 26.3. The van der Waals surface area contributed by atoms with E-state index in [9.17, 15) is 9.59 Å². The highest BCUT2D eigenvalue weighted by Crippen LogP contribution is 2.22. The number of aromatic amines is 1. The van der Waals surface area contributed by atoms with Gasteiger partial charge in [-0.3, -0.25) is 9.59 Å². The first-order chi connectivity index (χ1) is 12.2. The summed E-state index contributed by atoms with van der Waals surface area (Å²) in [5, 5.41) is 3.63. The minimum atomic E-state index is -0.263. The average Bonchev–Trinajstić information content (AvgIpc) is 2.64. The van der Waals surface area contributed by atoms with Crippen LogP contribution >= 0.6 is 0 Å². The van der Waals surface area contributed by atoms with E-state index in [0.29, 0.717) is 17.8 Å². The lowest BCUT2D eigenvalue weighted by atomic mass is 10.2. The van der Waals surface area contributed by atoms with Gasteiger partial charge >= 0.3 is 0 Å². The summed E-state index contributed by atoms with van der Waals surface area (Å²) in [6, 6.07) is 16.0. The third-order valence-electron chi connectivity index (χ3n) is 3.75. The van der Waals surface area contributed by atoms with Crippen LogP contribution in [-0.2, 0) is 11.3 Å². The van der Waals surface area contributed by atoms with Crippen LogP contribution in [-0.4, -0.2) is 24.6 Å². The molecule has 6 nitrogen and oxygen atoms in total. The predicted molar refractivity (Wildman–Crippen MR) is 94.9 cm³/mol. The Kier molecular flexibility index (Phi) is 4.99. The van der Waals surface area contributed by atoms with Gasteiger partial charge < -0.3 is 19.8 Å². The maximum atomic E-state index is 12.0. The van der Waals surface area contributed by atoms with Crippen molar-refractivity contribution in [3.05, 3.63) is 70.5 Å². The smallest absolute Gasteiger partial charge is 0.258 e. The number of H-pyrrole nitrogens is 1. The summed E-state index contributed by atoms with van der Waals surface area (Å²) in [5.74, 6) is 0.916. The topological polar surface area (TPSA) is 80.4 Å². The van der Waals surface area contributed by atoms with Crippen LogP contribution in [0.2, 0.25) is 0 Å². The Morgan fingerprint density at radius 3 is 2.68 bits per heavy atom. The molecule has 2 N–H and O–H groups in total. The lowest BCUT2D eigenvalue weighted by molar-refractivity contribution is -0.123. The number of ether oxygens (including phenoxy) is 2. The van der Waals surface area contributed by atoms with Crippen molar-refractivity contribution in [2.24, 2.45) is 0 Å². The molecule has 6 heteroatoms. The lowest BCUT2D eigenvalue weighted by Gasteiger charge is -2.11. The third kappa shape index (κ3) is 3.98. The fraction of sp³-hybridized carbons (Fsp3) is 0.158. The first-order valence-corrected chi connectivity index (χ1v) is 7.81. The highest BCUT2D eigenvalue weighted by Gasteiger charge is 2.08. The molecule has 128 valence electrons. The van der Waals surface area contributed by atoms with Crippen LogP contribution < -0.4 is 20.3 Å². The first-order valence-electron chi connectivity index (χ1n) is 7.81. The Morgan fingerprint density at radius 2 is 1.84 bits per heavy atom. The van der Waals surface area contributed by atoms with Gasteiger partial charge in [0.1, 0.15) is 11.5 Å². The minimum absolute atomic E-state index is 0.148. The molecule has 0 unspecified atom stereocenters. The zero-order valence-corrected chi connectivity index (χ0v) is 13.7. The average molecular weight is 338 g/mol. The molecule has 1 heterocycles. The number of hydrogen-bond donors (Lipinski definition) is 2. The summed E-state index contributed by atoms with van der Waals surface area (Å²) in [6.07, 6.45) is 0. The molecule has 0 saturated heterocycles. The van der Waals surface area contributed by atoms with Gasteiger partial charge in [0.15, 0.2) is 6.61 Å². The predicted octanol–water partition coefficient (Wildman–Crippen LogP) is 2.23. The van der Waals surface area contributed by atoms with Crippen molar-refractivity contribution in [2.75, 3.05) is 13.7 Å². The number of carbonyl (C=O) groups is 1. The molecular formula is C19H18N2O4. The highest BCUT2D eigenvalue weighted by atomic mass is 16.5. The van der Waals surface area contributed by atoms with E-state index < -0.39 is 0 Å². The van der Waals surface area contributed by atoms with Crippen molar-refractivity contribution in [1.29, 1.82) is 0 Å². The van der Waals surface area contributed by atoms with Crippen LogP contribution in [0, 0.1) is 0 Å². The maximum absolute atomic E-state index is 12.0. The Labute approximate surface area is 144 Å². The van der Waals surface area contributed by atoms with Gasteiger partial charge in [-0.2, -0.15) is 0 Å². The van der Waals surface area contributed by atoms with Gasteiger partial charge in [-0.1, -0.05) is 30.3 Å². The summed E-state index contributed by atoms with van der Waals surface area (Å²) in [6.45, 7) is 0.198. The minimum Gasteiger partial charge on any atom is -0.496 e. The SMILES string of the molecule is COc1ccccc1CNC(=O)COc1cccc2ccc(=O)[nH]c12. The molecule has 1 amide bonds. The van der Waals surface area contributed by atoms with Gasteiger partial charge in [0.05, 0.1) is 12.6 Å². The molecular weight excluding hydrogens is 320 g/mol. The van der Waals surface area contributed by atoms with Crippen LogP contribution in [0.1, 0.15) is 5.56 Å². The summed E-state index contributed by atoms with van der Waals surface area (Å²) in [7, 11) is 1.59. The van der Waals surface area contributed by atoms with Crippen molar-refractivity contribution in [2.45, 2.75) is 6.54 Å². The van der Waals surface area contributed by atoms with Crippen molar-refractivity contribution in [3.8, 4) is 11.5 Å². The van der Waals surface area contributed by atoms with E-state index in [-0.39, 0.29) is 18.1 Å². The molecule has 0 spiro atoms. The molecule has 0 radical (unpaired) electrons. The number of carbonyl (C=O) groups excluding carboxylic acids is 1. The van der Waals surface area contributed by atoms with Gasteiger partial charge in [-0.05, 0) is 18.2 Å². The van der Waals surface area contributed by atoms with E-state index in [1.165, 1.54) is 6.07 Å². The molecule has 3 rings (SSSR count). The number of fused-ring (bicyclic) bond motifs is 1. The fourth-order valence-corrected chi connectivity index (χ4v) is 2.51. The molecule has 0 aliphatic rings. The van der Waals surface area contributed by atoms with E-state index >= 15 is 0 Å². The van der Waals surface area contributed by atoms with E-state index in [2.05, 4.69) is 10.3 Å². The van der Waals surface area contributed by atoms with Gasteiger partial charge in [-0.25, -0.2) is 0 Å². The second-order valence-electron chi connectivity index (χ2n) is 5.42. The summed E-state index contributed by atoms with van der Waals surface area (Å²) in [5.41, 5.74) is 1.24. The Hall–Kier alpha value is -3.28. The molecule has 0 saturated carbocycles. The van der Waals surface area contributed by atoms with Crippen LogP contribution in [0.4, 0.5) is 0 Å². The number of pyridine rings is 1. The number of hydrogen-bond acceptors (Lipinski definition) is 4. The quantitative estimate of drug-likeness (QED) is 0.722. The van der Waals surface area contributed by atoms with Crippen molar-refractivity contribution < 1.29 is 14.3 Å². The summed E-state index contributed by atoms with van der Waals surface area (Å²) >= 11 is 0. The Morgan fingerprint density at radius 1 is 1.04 bits per heavy atom. The highest BCUT2D eigenvalue weighted by molar-refractivity contribution is 5.85. The van der Waals surface area contributed by atoms with Crippen LogP contribution in [0.15, 0.2) is 59.4 Å². The van der Waals surface area contributed by atoms with Gasteiger partial charge in [-0.15, -0.1) is 0 Å². The van der Waals surface area contributed by atoms with Gasteiger partial charge in [0.25, 0.3) is 5.91 Å². The molecule has 0 atom stereocenters. The standard InChI is InChI=1S/C19H18N2O4/c1-24-15-7-3-2-5-14(15)11-20-18(23)12-25-16-8-4-6-13-9-10-17(22)21-19(13)16/h2-10H,11-12H2,1H3,(H,20,23)(H,21,22). The molecule has 0 aliphatic carbocycles. The largest absolute Gasteiger partial charge is 0.496 e. The second-order valence-corrected chi connectivity index (χ2v) is 5.42. The number of benzene rings is 2. The van der Waals surface area contributed by atoms with Crippen molar-refractivity contribution >= 4 is 16.8 Å². The number of aromatic nitrogens is 1. The molecule has 25 heavy (non-hydrogen) atoms. The van der Waals surface area contributed by atoms with E-state index in [4.69, 9.17) is 9.47 Å². The number of nitrogens with one attached hydrogen (secondary N) is 2.